The highest BCUT2D eigenvalue weighted by atomic mass is 35.5. The van der Waals surface area contributed by atoms with Crippen molar-refractivity contribution in [1.29, 1.82) is 0 Å². The average molecular weight is 556 g/mol. The smallest absolute Gasteiger partial charge is 0.264 e. The maximum absolute atomic E-state index is 13.9. The Hall–Kier alpha value is -3.36. The summed E-state index contributed by atoms with van der Waals surface area (Å²) < 4.78 is 28.6. The van der Waals surface area contributed by atoms with E-state index in [0.29, 0.717) is 11.6 Å². The van der Waals surface area contributed by atoms with Crippen LogP contribution >= 0.6 is 11.6 Å². The van der Waals surface area contributed by atoms with Crippen molar-refractivity contribution in [2.45, 2.75) is 51.6 Å². The van der Waals surface area contributed by atoms with Gasteiger partial charge in [0, 0.05) is 18.1 Å². The van der Waals surface area contributed by atoms with Gasteiger partial charge in [-0.25, -0.2) is 8.42 Å². The van der Waals surface area contributed by atoms with Gasteiger partial charge in [0.05, 0.1) is 10.6 Å². The van der Waals surface area contributed by atoms with Crippen molar-refractivity contribution >= 4 is 39.1 Å². The van der Waals surface area contributed by atoms with Crippen molar-refractivity contribution in [2.24, 2.45) is 0 Å². The Bertz CT molecular complexity index is 1380. The third kappa shape index (κ3) is 7.14. The minimum Gasteiger partial charge on any atom is -0.354 e. The molecular formula is C29H34ClN3O4S. The van der Waals surface area contributed by atoms with Gasteiger partial charge >= 0.3 is 0 Å². The molecule has 0 bridgehead atoms. The fourth-order valence-electron chi connectivity index (χ4n) is 3.97. The first kappa shape index (κ1) is 29.2. The molecule has 0 fully saturated rings. The molecule has 9 heteroatoms. The number of carbonyl (C=O) groups excluding carboxylic acids is 2. The lowest BCUT2D eigenvalue weighted by molar-refractivity contribution is -0.139. The van der Waals surface area contributed by atoms with Crippen LogP contribution in [0.2, 0.25) is 5.02 Å². The van der Waals surface area contributed by atoms with E-state index in [4.69, 9.17) is 11.6 Å². The quantitative estimate of drug-likeness (QED) is 0.357. The summed E-state index contributed by atoms with van der Waals surface area (Å²) in [5.74, 6) is -0.814. The normalized spacial score (nSPS) is 12.0. The molecular weight excluding hydrogens is 522 g/mol. The molecule has 0 spiro atoms. The number of amides is 2. The number of halogens is 1. The highest BCUT2D eigenvalue weighted by Crippen LogP contribution is 2.28. The van der Waals surface area contributed by atoms with Gasteiger partial charge in [-0.05, 0) is 62.6 Å². The molecule has 1 N–H and O–H groups in total. The molecule has 0 radical (unpaired) electrons. The van der Waals surface area contributed by atoms with E-state index in [1.807, 2.05) is 45.0 Å². The highest BCUT2D eigenvalue weighted by Gasteiger charge is 2.32. The van der Waals surface area contributed by atoms with Gasteiger partial charge in [0.2, 0.25) is 11.8 Å². The second-order valence-electron chi connectivity index (χ2n) is 9.24. The van der Waals surface area contributed by atoms with Gasteiger partial charge in [-0.1, -0.05) is 72.6 Å². The number of anilines is 1. The zero-order valence-corrected chi connectivity index (χ0v) is 23.7. The maximum atomic E-state index is 13.9. The van der Waals surface area contributed by atoms with E-state index in [-0.39, 0.29) is 23.0 Å². The van der Waals surface area contributed by atoms with Crippen molar-refractivity contribution in [2.75, 3.05) is 17.4 Å². The summed E-state index contributed by atoms with van der Waals surface area (Å²) in [6, 6.07) is 19.6. The van der Waals surface area contributed by atoms with Crippen LogP contribution in [0.3, 0.4) is 0 Å². The Morgan fingerprint density at radius 1 is 0.974 bits per heavy atom. The Kier molecular flexibility index (Phi) is 9.94. The standard InChI is InChI=1S/C29H34ClN3O4S/c1-5-16-31-29(35)23(4)32(19-24-11-9-10-21(2)17-24)28(34)20-33(25-15-14-22(3)27(30)18-25)38(36,37)26-12-7-6-8-13-26/h6-15,17-18,23H,5,16,19-20H2,1-4H3,(H,31,35)/t23-/m1/s1. The third-order valence-electron chi connectivity index (χ3n) is 6.21. The van der Waals surface area contributed by atoms with E-state index < -0.39 is 28.5 Å². The van der Waals surface area contributed by atoms with Crippen LogP contribution in [0.4, 0.5) is 5.69 Å². The number of sulfonamides is 1. The molecule has 0 saturated carbocycles. The number of aryl methyl sites for hydroxylation is 2. The van der Waals surface area contributed by atoms with Gasteiger partial charge in [0.25, 0.3) is 10.0 Å². The lowest BCUT2D eigenvalue weighted by atomic mass is 10.1. The molecule has 0 unspecified atom stereocenters. The number of carbonyl (C=O) groups is 2. The first-order valence-corrected chi connectivity index (χ1v) is 14.3. The summed E-state index contributed by atoms with van der Waals surface area (Å²) in [7, 11) is -4.13. The van der Waals surface area contributed by atoms with E-state index in [0.717, 1.165) is 27.4 Å². The summed E-state index contributed by atoms with van der Waals surface area (Å²) in [5, 5.41) is 3.22. The molecule has 7 nitrogen and oxygen atoms in total. The molecule has 3 aromatic rings. The van der Waals surface area contributed by atoms with Crippen LogP contribution in [0.5, 0.6) is 0 Å². The predicted octanol–water partition coefficient (Wildman–Crippen LogP) is 5.10. The average Bonchev–Trinajstić information content (AvgIpc) is 2.90. The van der Waals surface area contributed by atoms with Crippen molar-refractivity contribution in [1.82, 2.24) is 10.2 Å². The van der Waals surface area contributed by atoms with Crippen molar-refractivity contribution < 1.29 is 18.0 Å². The van der Waals surface area contributed by atoms with Crippen molar-refractivity contribution in [3.63, 3.8) is 0 Å². The Balaban J connectivity index is 2.03. The second-order valence-corrected chi connectivity index (χ2v) is 11.5. The van der Waals surface area contributed by atoms with Gasteiger partial charge in [-0.2, -0.15) is 0 Å². The Morgan fingerprint density at radius 3 is 2.32 bits per heavy atom. The molecule has 0 aliphatic heterocycles. The van der Waals surface area contributed by atoms with Crippen LogP contribution in [0, 0.1) is 13.8 Å². The number of benzene rings is 3. The first-order valence-electron chi connectivity index (χ1n) is 12.5. The Morgan fingerprint density at radius 2 is 1.68 bits per heavy atom. The summed E-state index contributed by atoms with van der Waals surface area (Å²) in [6.07, 6.45) is 0.752. The molecule has 3 rings (SSSR count). The summed E-state index contributed by atoms with van der Waals surface area (Å²) in [6.45, 7) is 7.47. The van der Waals surface area contributed by atoms with Gasteiger partial charge in [-0.15, -0.1) is 0 Å². The number of nitrogens with zero attached hydrogens (tertiary/aromatic N) is 2. The zero-order valence-electron chi connectivity index (χ0n) is 22.1. The SMILES string of the molecule is CCCNC(=O)[C@@H](C)N(Cc1cccc(C)c1)C(=O)CN(c1ccc(C)c(Cl)c1)S(=O)(=O)c1ccccc1. The summed E-state index contributed by atoms with van der Waals surface area (Å²) in [5.41, 5.74) is 2.89. The van der Waals surface area contributed by atoms with E-state index in [1.165, 1.54) is 23.1 Å². The minimum absolute atomic E-state index is 0.0449. The van der Waals surface area contributed by atoms with E-state index in [9.17, 15) is 18.0 Å². The fraction of sp³-hybridized carbons (Fsp3) is 0.310. The largest absolute Gasteiger partial charge is 0.354 e. The molecule has 0 heterocycles. The number of hydrogen-bond acceptors (Lipinski definition) is 4. The maximum Gasteiger partial charge on any atom is 0.264 e. The van der Waals surface area contributed by atoms with Gasteiger partial charge < -0.3 is 10.2 Å². The van der Waals surface area contributed by atoms with Crippen LogP contribution in [0.25, 0.3) is 0 Å². The number of rotatable bonds is 11. The van der Waals surface area contributed by atoms with Crippen LogP contribution in [-0.4, -0.2) is 44.3 Å². The minimum atomic E-state index is -4.13. The van der Waals surface area contributed by atoms with Crippen LogP contribution in [-0.2, 0) is 26.2 Å². The number of hydrogen-bond donors (Lipinski definition) is 1. The molecule has 0 aromatic heterocycles. The van der Waals surface area contributed by atoms with Gasteiger partial charge in [-0.3, -0.25) is 13.9 Å². The predicted molar refractivity (Wildman–Crippen MR) is 152 cm³/mol. The zero-order chi connectivity index (χ0) is 27.9. The molecule has 0 aliphatic rings. The van der Waals surface area contributed by atoms with E-state index >= 15 is 0 Å². The van der Waals surface area contributed by atoms with Gasteiger partial charge in [0.15, 0.2) is 0 Å². The van der Waals surface area contributed by atoms with Crippen LogP contribution in [0.15, 0.2) is 77.7 Å². The Labute approximate surface area is 230 Å². The highest BCUT2D eigenvalue weighted by molar-refractivity contribution is 7.92. The molecule has 3 aromatic carbocycles. The van der Waals surface area contributed by atoms with Crippen LogP contribution < -0.4 is 9.62 Å². The molecule has 1 atom stereocenters. The molecule has 2 amide bonds. The van der Waals surface area contributed by atoms with Crippen molar-refractivity contribution in [3.8, 4) is 0 Å². The molecule has 0 saturated heterocycles. The lowest BCUT2D eigenvalue weighted by Gasteiger charge is -2.32. The molecule has 202 valence electrons. The first-order chi connectivity index (χ1) is 18.0. The topological polar surface area (TPSA) is 86.8 Å². The number of nitrogens with one attached hydrogen (secondary N) is 1. The summed E-state index contributed by atoms with van der Waals surface area (Å²) >= 11 is 6.35. The van der Waals surface area contributed by atoms with Gasteiger partial charge in [0.1, 0.15) is 12.6 Å². The van der Waals surface area contributed by atoms with E-state index in [1.54, 1.807) is 37.3 Å². The fourth-order valence-corrected chi connectivity index (χ4v) is 5.57. The third-order valence-corrected chi connectivity index (χ3v) is 8.40. The monoisotopic (exact) mass is 555 g/mol. The van der Waals surface area contributed by atoms with E-state index in [2.05, 4.69) is 5.32 Å². The summed E-state index contributed by atoms with van der Waals surface area (Å²) in [4.78, 5) is 28.2. The molecule has 38 heavy (non-hydrogen) atoms. The lowest BCUT2D eigenvalue weighted by Crippen LogP contribution is -2.51. The second kappa shape index (κ2) is 12.9. The molecule has 0 aliphatic carbocycles. The van der Waals surface area contributed by atoms with Crippen LogP contribution in [0.1, 0.15) is 37.0 Å². The van der Waals surface area contributed by atoms with Crippen molar-refractivity contribution in [3.05, 3.63) is 94.5 Å².